The lowest BCUT2D eigenvalue weighted by Gasteiger charge is -2.19. The summed E-state index contributed by atoms with van der Waals surface area (Å²) in [7, 11) is 1.61. The maximum Gasteiger partial charge on any atom is 0.225 e. The van der Waals surface area contributed by atoms with Crippen LogP contribution in [0.5, 0.6) is 5.75 Å². The van der Waals surface area contributed by atoms with E-state index in [1.54, 1.807) is 19.4 Å². The number of nitrogens with zero attached hydrogens (tertiary/aromatic N) is 2. The van der Waals surface area contributed by atoms with Crippen LogP contribution in [0.1, 0.15) is 12.0 Å². The summed E-state index contributed by atoms with van der Waals surface area (Å²) in [6.07, 6.45) is 2.10. The monoisotopic (exact) mass is 383 g/mol. The van der Waals surface area contributed by atoms with Gasteiger partial charge >= 0.3 is 0 Å². The molecule has 2 rings (SSSR count). The number of aromatic nitrogens is 1. The number of amides is 1. The van der Waals surface area contributed by atoms with E-state index in [4.69, 9.17) is 27.9 Å². The van der Waals surface area contributed by atoms with Crippen LogP contribution in [0.25, 0.3) is 10.9 Å². The van der Waals surface area contributed by atoms with Gasteiger partial charge in [0.2, 0.25) is 5.91 Å². The lowest BCUT2D eigenvalue weighted by molar-refractivity contribution is -0.116. The maximum atomic E-state index is 12.4. The number of aryl methyl sites for hydroxylation is 1. The van der Waals surface area contributed by atoms with Gasteiger partial charge in [0.15, 0.2) is 0 Å². The SMILES string of the molecule is COc1cc(NC(=O)CCN(CCCl)CCCl)c2nccc(C)c2c1. The van der Waals surface area contributed by atoms with E-state index in [1.165, 1.54) is 0 Å². The largest absolute Gasteiger partial charge is 0.497 e. The molecule has 136 valence electrons. The predicted molar refractivity (Wildman–Crippen MR) is 104 cm³/mol. The highest BCUT2D eigenvalue weighted by molar-refractivity contribution is 6.18. The van der Waals surface area contributed by atoms with E-state index < -0.39 is 0 Å². The van der Waals surface area contributed by atoms with Gasteiger partial charge in [-0.15, -0.1) is 23.2 Å². The molecule has 0 atom stereocenters. The van der Waals surface area contributed by atoms with Gasteiger partial charge in [-0.25, -0.2) is 0 Å². The van der Waals surface area contributed by atoms with E-state index >= 15 is 0 Å². The Morgan fingerprint density at radius 2 is 1.96 bits per heavy atom. The second-order valence-electron chi connectivity index (χ2n) is 5.72. The van der Waals surface area contributed by atoms with Crippen molar-refractivity contribution in [1.82, 2.24) is 9.88 Å². The first-order valence-corrected chi connectivity index (χ1v) is 9.23. The number of hydrogen-bond acceptors (Lipinski definition) is 4. The Kier molecular flexibility index (Phi) is 7.75. The molecular formula is C18H23Cl2N3O2. The topological polar surface area (TPSA) is 54.5 Å². The molecule has 0 radical (unpaired) electrons. The summed E-state index contributed by atoms with van der Waals surface area (Å²) in [5, 5.41) is 3.91. The van der Waals surface area contributed by atoms with Gasteiger partial charge in [0.1, 0.15) is 5.75 Å². The Bertz CT molecular complexity index is 719. The summed E-state index contributed by atoms with van der Waals surface area (Å²) in [6, 6.07) is 5.65. The first-order valence-electron chi connectivity index (χ1n) is 8.16. The quantitative estimate of drug-likeness (QED) is 0.671. The van der Waals surface area contributed by atoms with E-state index in [-0.39, 0.29) is 5.91 Å². The average Bonchev–Trinajstić information content (AvgIpc) is 2.60. The fourth-order valence-electron chi connectivity index (χ4n) is 2.62. The smallest absolute Gasteiger partial charge is 0.225 e. The molecule has 0 aliphatic carbocycles. The maximum absolute atomic E-state index is 12.4. The molecule has 0 aliphatic rings. The molecule has 0 saturated carbocycles. The summed E-state index contributed by atoms with van der Waals surface area (Å²) in [6.45, 7) is 4.04. The average molecular weight is 384 g/mol. The van der Waals surface area contributed by atoms with Crippen LogP contribution in [0.3, 0.4) is 0 Å². The molecule has 1 aromatic heterocycles. The second kappa shape index (κ2) is 9.80. The lowest BCUT2D eigenvalue weighted by atomic mass is 10.1. The Morgan fingerprint density at radius 1 is 1.24 bits per heavy atom. The Labute approximate surface area is 158 Å². The van der Waals surface area contributed by atoms with Gasteiger partial charge in [0.25, 0.3) is 0 Å². The van der Waals surface area contributed by atoms with E-state index in [2.05, 4.69) is 15.2 Å². The van der Waals surface area contributed by atoms with Crippen molar-refractivity contribution in [2.24, 2.45) is 0 Å². The van der Waals surface area contributed by atoms with Gasteiger partial charge in [-0.2, -0.15) is 0 Å². The van der Waals surface area contributed by atoms with Crippen LogP contribution in [-0.4, -0.2) is 54.3 Å². The van der Waals surface area contributed by atoms with Gasteiger partial charge in [0.05, 0.1) is 18.3 Å². The van der Waals surface area contributed by atoms with Crippen molar-refractivity contribution in [2.45, 2.75) is 13.3 Å². The molecule has 0 fully saturated rings. The third-order valence-electron chi connectivity index (χ3n) is 4.00. The minimum atomic E-state index is -0.0768. The van der Waals surface area contributed by atoms with Gasteiger partial charge in [0, 0.05) is 55.5 Å². The number of rotatable bonds is 9. The van der Waals surface area contributed by atoms with Crippen molar-refractivity contribution < 1.29 is 9.53 Å². The zero-order valence-corrected chi connectivity index (χ0v) is 16.0. The number of pyridine rings is 1. The van der Waals surface area contributed by atoms with Crippen molar-refractivity contribution >= 4 is 45.7 Å². The Morgan fingerprint density at radius 3 is 2.60 bits per heavy atom. The minimum Gasteiger partial charge on any atom is -0.497 e. The highest BCUT2D eigenvalue weighted by Gasteiger charge is 2.12. The normalized spacial score (nSPS) is 11.1. The number of benzene rings is 1. The van der Waals surface area contributed by atoms with Crippen LogP contribution in [-0.2, 0) is 4.79 Å². The van der Waals surface area contributed by atoms with Crippen LogP contribution < -0.4 is 10.1 Å². The number of hydrogen-bond donors (Lipinski definition) is 1. The molecule has 1 aromatic carbocycles. The van der Waals surface area contributed by atoms with Gasteiger partial charge in [-0.1, -0.05) is 0 Å². The number of nitrogens with one attached hydrogen (secondary N) is 1. The molecule has 5 nitrogen and oxygen atoms in total. The number of halogens is 2. The Hall–Kier alpha value is -1.56. The van der Waals surface area contributed by atoms with Crippen LogP contribution in [0.2, 0.25) is 0 Å². The molecule has 1 heterocycles. The second-order valence-corrected chi connectivity index (χ2v) is 6.47. The van der Waals surface area contributed by atoms with Crippen molar-refractivity contribution in [2.75, 3.05) is 43.8 Å². The Balaban J connectivity index is 2.13. The van der Waals surface area contributed by atoms with Gasteiger partial charge < -0.3 is 15.0 Å². The van der Waals surface area contributed by atoms with Crippen molar-refractivity contribution in [3.63, 3.8) is 0 Å². The summed E-state index contributed by atoms with van der Waals surface area (Å²) in [4.78, 5) is 18.9. The fourth-order valence-corrected chi connectivity index (χ4v) is 3.10. The van der Waals surface area contributed by atoms with E-state index in [9.17, 15) is 4.79 Å². The highest BCUT2D eigenvalue weighted by Crippen LogP contribution is 2.29. The van der Waals surface area contributed by atoms with E-state index in [1.807, 2.05) is 19.1 Å². The summed E-state index contributed by atoms with van der Waals surface area (Å²) in [5.41, 5.74) is 2.49. The number of carbonyl (C=O) groups excluding carboxylic acids is 1. The molecule has 0 spiro atoms. The van der Waals surface area contributed by atoms with Crippen molar-refractivity contribution in [1.29, 1.82) is 0 Å². The summed E-state index contributed by atoms with van der Waals surface area (Å²) < 4.78 is 5.34. The molecule has 0 aliphatic heterocycles. The summed E-state index contributed by atoms with van der Waals surface area (Å²) in [5.74, 6) is 1.64. The molecule has 1 amide bonds. The van der Waals surface area contributed by atoms with Gasteiger partial charge in [-0.3, -0.25) is 9.78 Å². The summed E-state index contributed by atoms with van der Waals surface area (Å²) >= 11 is 11.6. The molecule has 25 heavy (non-hydrogen) atoms. The standard InChI is InChI=1S/C18H23Cl2N3O2/c1-13-3-7-21-18-15(13)11-14(25-2)12-16(18)22-17(24)4-8-23(9-5-19)10-6-20/h3,7,11-12H,4-6,8-10H2,1-2H3,(H,22,24). The number of methoxy groups -OCH3 is 1. The molecule has 2 aromatic rings. The van der Waals surface area contributed by atoms with Crippen LogP contribution in [0.15, 0.2) is 24.4 Å². The lowest BCUT2D eigenvalue weighted by Crippen LogP contribution is -2.31. The third-order valence-corrected chi connectivity index (χ3v) is 4.34. The minimum absolute atomic E-state index is 0.0768. The number of fused-ring (bicyclic) bond motifs is 1. The predicted octanol–water partition coefficient (Wildman–Crippen LogP) is 3.66. The zero-order chi connectivity index (χ0) is 18.2. The van der Waals surface area contributed by atoms with Crippen LogP contribution in [0.4, 0.5) is 5.69 Å². The third kappa shape index (κ3) is 5.46. The molecule has 0 bridgehead atoms. The number of alkyl halides is 2. The van der Waals surface area contributed by atoms with Crippen molar-refractivity contribution in [3.8, 4) is 5.75 Å². The van der Waals surface area contributed by atoms with E-state index in [0.717, 1.165) is 16.5 Å². The number of anilines is 1. The molecular weight excluding hydrogens is 361 g/mol. The first kappa shape index (κ1) is 19.8. The molecule has 7 heteroatoms. The zero-order valence-electron chi connectivity index (χ0n) is 14.5. The van der Waals surface area contributed by atoms with E-state index in [0.29, 0.717) is 49.3 Å². The van der Waals surface area contributed by atoms with Crippen molar-refractivity contribution in [3.05, 3.63) is 30.0 Å². The highest BCUT2D eigenvalue weighted by atomic mass is 35.5. The first-order chi connectivity index (χ1) is 12.1. The van der Waals surface area contributed by atoms with Gasteiger partial charge in [-0.05, 0) is 24.6 Å². The molecule has 0 saturated heterocycles. The number of carbonyl (C=O) groups is 1. The van der Waals surface area contributed by atoms with Crippen LogP contribution in [0, 0.1) is 6.92 Å². The fraction of sp³-hybridized carbons (Fsp3) is 0.444. The molecule has 0 unspecified atom stereocenters. The molecule has 1 N–H and O–H groups in total. The number of ether oxygens (including phenoxy) is 1. The van der Waals surface area contributed by atoms with Crippen LogP contribution >= 0.6 is 23.2 Å².